The van der Waals surface area contributed by atoms with Gasteiger partial charge in [-0.1, -0.05) is 6.92 Å². The van der Waals surface area contributed by atoms with Crippen LogP contribution in [0.3, 0.4) is 0 Å². The molecular weight excluding hydrogens is 380 g/mol. The maximum Gasteiger partial charge on any atom is 0.331 e. The zero-order chi connectivity index (χ0) is 21.3. The first-order valence-corrected chi connectivity index (χ1v) is 10.6. The lowest BCUT2D eigenvalue weighted by Crippen LogP contribution is -1.99. The molecule has 1 unspecified atom stereocenters. The molecule has 1 atom stereocenters. The second-order valence-corrected chi connectivity index (χ2v) is 8.10. The summed E-state index contributed by atoms with van der Waals surface area (Å²) in [4.78, 5) is 10.9. The fraction of sp³-hybridized carbons (Fsp3) is 0.400. The van der Waals surface area contributed by atoms with Crippen molar-refractivity contribution >= 4 is 12.0 Å². The number of carbonyl (C=O) groups is 1. The third-order valence-corrected chi connectivity index (χ3v) is 5.30. The smallest absolute Gasteiger partial charge is 0.331 e. The Morgan fingerprint density at radius 1 is 1.03 bits per heavy atom. The molecule has 0 saturated heterocycles. The van der Waals surface area contributed by atoms with Crippen LogP contribution >= 0.6 is 0 Å². The lowest BCUT2D eigenvalue weighted by molar-refractivity contribution is -0.132. The molecule has 5 nitrogen and oxygen atoms in total. The average Bonchev–Trinajstić information content (AvgIpc) is 3.45. The van der Waals surface area contributed by atoms with Crippen LogP contribution in [0, 0.1) is 5.92 Å². The lowest BCUT2D eigenvalue weighted by Gasteiger charge is -2.08. The Kier molecular flexibility index (Phi) is 7.77. The summed E-state index contributed by atoms with van der Waals surface area (Å²) < 4.78 is 16.3. The maximum atomic E-state index is 10.9. The zero-order valence-electron chi connectivity index (χ0n) is 17.7. The van der Waals surface area contributed by atoms with E-state index in [4.69, 9.17) is 18.4 Å². The molecule has 30 heavy (non-hydrogen) atoms. The van der Waals surface area contributed by atoms with Gasteiger partial charge in [0, 0.05) is 12.0 Å². The van der Waals surface area contributed by atoms with Crippen LogP contribution in [0.25, 0.3) is 6.08 Å². The van der Waals surface area contributed by atoms with E-state index in [1.165, 1.54) is 11.1 Å². The number of carboxylic acids is 1. The van der Waals surface area contributed by atoms with Crippen molar-refractivity contribution in [2.24, 2.45) is 5.92 Å². The van der Waals surface area contributed by atoms with Crippen molar-refractivity contribution in [1.29, 1.82) is 0 Å². The molecule has 1 N–H and O–H groups in total. The van der Waals surface area contributed by atoms with Crippen LogP contribution in [0.2, 0.25) is 0 Å². The van der Waals surface area contributed by atoms with Crippen LogP contribution in [-0.4, -0.2) is 11.1 Å². The highest BCUT2D eigenvalue weighted by Crippen LogP contribution is 2.20. The Bertz CT molecular complexity index is 942. The molecule has 0 spiro atoms. The van der Waals surface area contributed by atoms with Gasteiger partial charge in [-0.05, 0) is 92.3 Å². The van der Waals surface area contributed by atoms with Gasteiger partial charge in [-0.2, -0.15) is 0 Å². The molecule has 3 aromatic rings. The van der Waals surface area contributed by atoms with Crippen LogP contribution in [0.1, 0.15) is 61.3 Å². The van der Waals surface area contributed by atoms with E-state index in [0.29, 0.717) is 11.7 Å². The molecule has 0 bridgehead atoms. The molecule has 3 heterocycles. The molecule has 0 aliphatic heterocycles. The quantitative estimate of drug-likeness (QED) is 0.353. The first kappa shape index (κ1) is 21.8. The van der Waals surface area contributed by atoms with Gasteiger partial charge in [0.15, 0.2) is 0 Å². The van der Waals surface area contributed by atoms with Gasteiger partial charge >= 0.3 is 5.97 Å². The first-order chi connectivity index (χ1) is 14.5. The lowest BCUT2D eigenvalue weighted by atomic mass is 9.97. The fourth-order valence-electron chi connectivity index (χ4n) is 3.57. The van der Waals surface area contributed by atoms with Crippen molar-refractivity contribution in [3.05, 3.63) is 77.0 Å². The molecule has 0 aliphatic rings. The minimum atomic E-state index is -0.930. The summed E-state index contributed by atoms with van der Waals surface area (Å²) in [6.45, 7) is 3.81. The van der Waals surface area contributed by atoms with Gasteiger partial charge in [0.2, 0.25) is 0 Å². The van der Waals surface area contributed by atoms with Gasteiger partial charge in [0.25, 0.3) is 0 Å². The normalized spacial score (nSPS) is 12.9. The highest BCUT2D eigenvalue weighted by molar-refractivity contribution is 5.90. The molecule has 5 heteroatoms. The summed E-state index contributed by atoms with van der Waals surface area (Å²) in [5.41, 5.74) is 3.87. The van der Waals surface area contributed by atoms with E-state index in [2.05, 4.69) is 13.0 Å². The minimum absolute atomic E-state index is 0.267. The molecule has 0 radical (unpaired) electrons. The van der Waals surface area contributed by atoms with E-state index < -0.39 is 5.97 Å². The van der Waals surface area contributed by atoms with Gasteiger partial charge in [-0.25, -0.2) is 4.79 Å². The van der Waals surface area contributed by atoms with Crippen molar-refractivity contribution < 1.29 is 23.2 Å². The summed E-state index contributed by atoms with van der Waals surface area (Å²) in [6.07, 6.45) is 15.8. The monoisotopic (exact) mass is 410 g/mol. The molecule has 3 rings (SSSR count). The highest BCUT2D eigenvalue weighted by atomic mass is 16.4. The standard InChI is InChI=1S/C25H30O5/c1-18(5-3-7-21-14-24(30-17-21)12-19(2)25(26)27)11-23-13-22(16-29-23)8-4-6-20-9-10-28-15-20/h9-10,12-18H,3-8,11H2,1-2H3,(H,26,27). The van der Waals surface area contributed by atoms with Crippen molar-refractivity contribution in [2.75, 3.05) is 0 Å². The predicted molar refractivity (Wildman–Crippen MR) is 115 cm³/mol. The van der Waals surface area contributed by atoms with Crippen molar-refractivity contribution in [3.63, 3.8) is 0 Å². The average molecular weight is 411 g/mol. The van der Waals surface area contributed by atoms with Gasteiger partial charge in [0.05, 0.1) is 25.1 Å². The van der Waals surface area contributed by atoms with Crippen LogP contribution in [0.4, 0.5) is 0 Å². The number of aryl methyl sites for hydroxylation is 3. The van der Waals surface area contributed by atoms with E-state index in [1.54, 1.807) is 31.8 Å². The van der Waals surface area contributed by atoms with Gasteiger partial charge < -0.3 is 18.4 Å². The Hall–Kier alpha value is -2.95. The highest BCUT2D eigenvalue weighted by Gasteiger charge is 2.10. The van der Waals surface area contributed by atoms with Crippen molar-refractivity contribution in [2.45, 2.75) is 58.8 Å². The van der Waals surface area contributed by atoms with Crippen molar-refractivity contribution in [1.82, 2.24) is 0 Å². The van der Waals surface area contributed by atoms with E-state index in [9.17, 15) is 4.79 Å². The number of aliphatic carboxylic acids is 1. The third kappa shape index (κ3) is 6.83. The van der Waals surface area contributed by atoms with Crippen molar-refractivity contribution in [3.8, 4) is 0 Å². The maximum absolute atomic E-state index is 10.9. The van der Waals surface area contributed by atoms with E-state index in [0.717, 1.165) is 56.3 Å². The molecule has 0 aliphatic carbocycles. The second kappa shape index (κ2) is 10.7. The number of carboxylic acid groups (broad SMARTS) is 1. The Morgan fingerprint density at radius 2 is 1.77 bits per heavy atom. The number of hydrogen-bond acceptors (Lipinski definition) is 4. The Balaban J connectivity index is 1.36. The first-order valence-electron chi connectivity index (χ1n) is 10.6. The van der Waals surface area contributed by atoms with E-state index >= 15 is 0 Å². The zero-order valence-corrected chi connectivity index (χ0v) is 17.7. The molecule has 160 valence electrons. The molecule has 0 saturated carbocycles. The van der Waals surface area contributed by atoms with Gasteiger partial charge in [-0.3, -0.25) is 0 Å². The molecular formula is C25H30O5. The topological polar surface area (TPSA) is 76.7 Å². The second-order valence-electron chi connectivity index (χ2n) is 8.10. The van der Waals surface area contributed by atoms with Gasteiger partial charge in [-0.15, -0.1) is 0 Å². The van der Waals surface area contributed by atoms with Crippen LogP contribution in [0.5, 0.6) is 0 Å². The Morgan fingerprint density at radius 3 is 2.53 bits per heavy atom. The summed E-state index contributed by atoms with van der Waals surface area (Å²) in [5.74, 6) is 1.26. The third-order valence-electron chi connectivity index (χ3n) is 5.30. The fourth-order valence-corrected chi connectivity index (χ4v) is 3.57. The number of rotatable bonds is 12. The minimum Gasteiger partial charge on any atom is -0.478 e. The van der Waals surface area contributed by atoms with Crippen LogP contribution in [-0.2, 0) is 30.5 Å². The van der Waals surface area contributed by atoms with E-state index in [1.807, 2.05) is 18.4 Å². The molecule has 3 aromatic heterocycles. The molecule has 0 aromatic carbocycles. The summed E-state index contributed by atoms with van der Waals surface area (Å²) in [7, 11) is 0. The largest absolute Gasteiger partial charge is 0.478 e. The molecule has 0 amide bonds. The number of hydrogen-bond donors (Lipinski definition) is 1. The van der Waals surface area contributed by atoms with Crippen LogP contribution in [0.15, 0.2) is 62.1 Å². The SMILES string of the molecule is CC(=Cc1cc(CCCC(C)Cc2cc(CCCc3ccoc3)co2)co1)C(=O)O. The van der Waals surface area contributed by atoms with Crippen LogP contribution < -0.4 is 0 Å². The van der Waals surface area contributed by atoms with E-state index in [-0.39, 0.29) is 5.57 Å². The Labute approximate surface area is 177 Å². The summed E-state index contributed by atoms with van der Waals surface area (Å²) >= 11 is 0. The summed E-state index contributed by atoms with van der Waals surface area (Å²) in [5, 5.41) is 8.94. The summed E-state index contributed by atoms with van der Waals surface area (Å²) in [6, 6.07) is 6.12. The van der Waals surface area contributed by atoms with Gasteiger partial charge in [0.1, 0.15) is 11.5 Å². The predicted octanol–water partition coefficient (Wildman–Crippen LogP) is 6.33. The number of furan rings is 3. The molecule has 0 fully saturated rings.